The third-order valence-electron chi connectivity index (χ3n) is 3.74. The first-order chi connectivity index (χ1) is 9.83. The first-order valence-electron chi connectivity index (χ1n) is 7.43. The van der Waals surface area contributed by atoms with E-state index in [1.54, 1.807) is 0 Å². The number of rotatable bonds is 6. The molecule has 0 unspecified atom stereocenters. The normalized spacial score (nSPS) is 16.9. The Labute approximate surface area is 121 Å². The molecule has 20 heavy (non-hydrogen) atoms. The second-order valence-corrected chi connectivity index (χ2v) is 5.09. The molecule has 0 saturated carbocycles. The summed E-state index contributed by atoms with van der Waals surface area (Å²) in [7, 11) is 0. The highest BCUT2D eigenvalue weighted by Crippen LogP contribution is 2.17. The van der Waals surface area contributed by atoms with Crippen LogP contribution in [0.25, 0.3) is 0 Å². The van der Waals surface area contributed by atoms with Gasteiger partial charge < -0.3 is 9.64 Å². The van der Waals surface area contributed by atoms with Crippen molar-refractivity contribution in [3.8, 4) is 0 Å². The van der Waals surface area contributed by atoms with E-state index >= 15 is 0 Å². The van der Waals surface area contributed by atoms with Crippen LogP contribution in [0.4, 0.5) is 5.69 Å². The Kier molecular flexibility index (Phi) is 6.02. The van der Waals surface area contributed by atoms with Crippen LogP contribution in [-0.2, 0) is 4.74 Å². The lowest BCUT2D eigenvalue weighted by Crippen LogP contribution is -2.32. The number of benzene rings is 1. The Balaban J connectivity index is 1.86. The van der Waals surface area contributed by atoms with E-state index in [-0.39, 0.29) is 0 Å². The minimum absolute atomic E-state index is 0.738. The molecular formula is C16H24N2O2. The molecular weight excluding hydrogens is 252 g/mol. The smallest absolute Gasteiger partial charge is 0.150 e. The third-order valence-corrected chi connectivity index (χ3v) is 3.74. The summed E-state index contributed by atoms with van der Waals surface area (Å²) in [6.45, 7) is 8.99. The average Bonchev–Trinajstić information content (AvgIpc) is 2.73. The Morgan fingerprint density at radius 3 is 2.65 bits per heavy atom. The fourth-order valence-corrected chi connectivity index (χ4v) is 2.55. The van der Waals surface area contributed by atoms with Crippen molar-refractivity contribution in [1.82, 2.24) is 4.90 Å². The lowest BCUT2D eigenvalue weighted by Gasteiger charge is -2.23. The van der Waals surface area contributed by atoms with Gasteiger partial charge in [-0.05, 0) is 44.2 Å². The summed E-state index contributed by atoms with van der Waals surface area (Å²) < 4.78 is 5.43. The van der Waals surface area contributed by atoms with E-state index < -0.39 is 0 Å². The van der Waals surface area contributed by atoms with Gasteiger partial charge in [0.05, 0.1) is 6.61 Å². The van der Waals surface area contributed by atoms with E-state index in [0.29, 0.717) is 0 Å². The summed E-state index contributed by atoms with van der Waals surface area (Å²) in [5.41, 5.74) is 1.95. The Hall–Kier alpha value is -1.39. The van der Waals surface area contributed by atoms with Crippen molar-refractivity contribution in [3.05, 3.63) is 29.8 Å². The number of hydrogen-bond acceptors (Lipinski definition) is 4. The van der Waals surface area contributed by atoms with Gasteiger partial charge in [0.1, 0.15) is 6.29 Å². The monoisotopic (exact) mass is 276 g/mol. The first kappa shape index (κ1) is 15.0. The molecule has 1 saturated heterocycles. The number of nitrogens with zero attached hydrogens (tertiary/aromatic N) is 2. The van der Waals surface area contributed by atoms with Crippen molar-refractivity contribution in [2.24, 2.45) is 0 Å². The molecule has 0 atom stereocenters. The predicted octanol–water partition coefficient (Wildman–Crippen LogP) is 2.05. The van der Waals surface area contributed by atoms with Crippen LogP contribution in [0.5, 0.6) is 0 Å². The Morgan fingerprint density at radius 1 is 1.15 bits per heavy atom. The minimum Gasteiger partial charge on any atom is -0.380 e. The summed E-state index contributed by atoms with van der Waals surface area (Å²) >= 11 is 0. The van der Waals surface area contributed by atoms with Crippen molar-refractivity contribution in [3.63, 3.8) is 0 Å². The highest BCUT2D eigenvalue weighted by molar-refractivity contribution is 5.75. The molecule has 110 valence electrons. The summed E-state index contributed by atoms with van der Waals surface area (Å²) in [6, 6.07) is 7.86. The average molecular weight is 276 g/mol. The van der Waals surface area contributed by atoms with Gasteiger partial charge in [-0.1, -0.05) is 0 Å². The van der Waals surface area contributed by atoms with Crippen molar-refractivity contribution in [1.29, 1.82) is 0 Å². The molecule has 0 bridgehead atoms. The van der Waals surface area contributed by atoms with Gasteiger partial charge in [-0.2, -0.15) is 0 Å². The van der Waals surface area contributed by atoms with Gasteiger partial charge in [0, 0.05) is 44.0 Å². The van der Waals surface area contributed by atoms with Crippen LogP contribution in [0, 0.1) is 0 Å². The number of carbonyl (C=O) groups is 1. The van der Waals surface area contributed by atoms with Crippen LogP contribution >= 0.6 is 0 Å². The zero-order valence-electron chi connectivity index (χ0n) is 12.3. The van der Waals surface area contributed by atoms with Gasteiger partial charge in [-0.15, -0.1) is 0 Å². The standard InChI is InChI=1S/C16H24N2O2/c1-2-20-13-12-17-8-3-9-18(11-10-17)16-6-4-15(14-19)5-7-16/h4-7,14H,2-3,8-13H2,1H3. The lowest BCUT2D eigenvalue weighted by molar-refractivity contribution is 0.112. The summed E-state index contributed by atoms with van der Waals surface area (Å²) in [5.74, 6) is 0. The summed E-state index contributed by atoms with van der Waals surface area (Å²) in [6.07, 6.45) is 2.06. The molecule has 4 heteroatoms. The number of aldehydes is 1. The van der Waals surface area contributed by atoms with E-state index in [2.05, 4.69) is 9.80 Å². The molecule has 2 rings (SSSR count). The van der Waals surface area contributed by atoms with Crippen LogP contribution in [-0.4, -0.2) is 57.1 Å². The molecule has 1 aromatic carbocycles. The zero-order chi connectivity index (χ0) is 14.2. The molecule has 1 fully saturated rings. The maximum Gasteiger partial charge on any atom is 0.150 e. The van der Waals surface area contributed by atoms with Gasteiger partial charge >= 0.3 is 0 Å². The van der Waals surface area contributed by atoms with Crippen LogP contribution in [0.15, 0.2) is 24.3 Å². The molecule has 0 amide bonds. The highest BCUT2D eigenvalue weighted by atomic mass is 16.5. The molecule has 0 spiro atoms. The van der Waals surface area contributed by atoms with Crippen LogP contribution in [0.3, 0.4) is 0 Å². The van der Waals surface area contributed by atoms with Crippen molar-refractivity contribution < 1.29 is 9.53 Å². The van der Waals surface area contributed by atoms with Gasteiger partial charge in [0.15, 0.2) is 0 Å². The van der Waals surface area contributed by atoms with Crippen LogP contribution in [0.2, 0.25) is 0 Å². The highest BCUT2D eigenvalue weighted by Gasteiger charge is 2.14. The van der Waals surface area contributed by atoms with Crippen LogP contribution < -0.4 is 4.90 Å². The van der Waals surface area contributed by atoms with E-state index in [0.717, 1.165) is 57.8 Å². The molecule has 0 radical (unpaired) electrons. The lowest BCUT2D eigenvalue weighted by atomic mass is 10.2. The molecule has 4 nitrogen and oxygen atoms in total. The van der Waals surface area contributed by atoms with Gasteiger partial charge in [-0.25, -0.2) is 0 Å². The van der Waals surface area contributed by atoms with E-state index in [4.69, 9.17) is 4.74 Å². The van der Waals surface area contributed by atoms with E-state index in [1.165, 1.54) is 12.1 Å². The maximum absolute atomic E-state index is 10.7. The molecule has 1 aromatic rings. The van der Waals surface area contributed by atoms with Gasteiger partial charge in [0.2, 0.25) is 0 Å². The fraction of sp³-hybridized carbons (Fsp3) is 0.562. The van der Waals surface area contributed by atoms with Crippen molar-refractivity contribution in [2.75, 3.05) is 50.8 Å². The first-order valence-corrected chi connectivity index (χ1v) is 7.43. The molecule has 1 aliphatic heterocycles. The van der Waals surface area contributed by atoms with Crippen molar-refractivity contribution in [2.45, 2.75) is 13.3 Å². The number of carbonyl (C=O) groups excluding carboxylic acids is 1. The van der Waals surface area contributed by atoms with Crippen molar-refractivity contribution >= 4 is 12.0 Å². The number of ether oxygens (including phenoxy) is 1. The predicted molar refractivity (Wildman–Crippen MR) is 81.6 cm³/mol. The largest absolute Gasteiger partial charge is 0.380 e. The number of hydrogen-bond donors (Lipinski definition) is 0. The molecule has 1 aliphatic rings. The molecule has 1 heterocycles. The van der Waals surface area contributed by atoms with Gasteiger partial charge in [-0.3, -0.25) is 9.69 Å². The third kappa shape index (κ3) is 4.32. The Morgan fingerprint density at radius 2 is 1.95 bits per heavy atom. The SMILES string of the molecule is CCOCCN1CCCN(c2ccc(C=O)cc2)CC1. The topological polar surface area (TPSA) is 32.8 Å². The second kappa shape index (κ2) is 8.02. The quantitative estimate of drug-likeness (QED) is 0.588. The zero-order valence-corrected chi connectivity index (χ0v) is 12.3. The van der Waals surface area contributed by atoms with E-state index in [9.17, 15) is 4.79 Å². The fourth-order valence-electron chi connectivity index (χ4n) is 2.55. The van der Waals surface area contributed by atoms with E-state index in [1.807, 2.05) is 31.2 Å². The molecule has 0 N–H and O–H groups in total. The summed E-state index contributed by atoms with van der Waals surface area (Å²) in [5, 5.41) is 0. The Bertz CT molecular complexity index is 405. The van der Waals surface area contributed by atoms with Gasteiger partial charge in [0.25, 0.3) is 0 Å². The molecule has 0 aliphatic carbocycles. The molecule has 0 aromatic heterocycles. The number of anilines is 1. The summed E-state index contributed by atoms with van der Waals surface area (Å²) in [4.78, 5) is 15.6. The second-order valence-electron chi connectivity index (χ2n) is 5.09. The maximum atomic E-state index is 10.7. The minimum atomic E-state index is 0.738. The van der Waals surface area contributed by atoms with Crippen LogP contribution in [0.1, 0.15) is 23.7 Å².